The molecule has 4 heterocycles. The fraction of sp³-hybridized carbons (Fsp3) is 0.375. The molecule has 3 aromatic heterocycles. The Bertz CT molecular complexity index is 830. The molecular weight excluding hydrogens is 324 g/mol. The third-order valence-electron chi connectivity index (χ3n) is 4.27. The van der Waals surface area contributed by atoms with E-state index in [-0.39, 0.29) is 5.91 Å². The molecule has 0 unspecified atom stereocenters. The number of amides is 1. The molecule has 0 N–H and O–H groups in total. The van der Waals surface area contributed by atoms with E-state index >= 15 is 0 Å². The molecule has 24 heavy (non-hydrogen) atoms. The molecular formula is C16H18N6OS. The zero-order chi connectivity index (χ0) is 16.4. The largest absolute Gasteiger partial charge is 0.336 e. The van der Waals surface area contributed by atoms with Crippen molar-refractivity contribution in [2.75, 3.05) is 26.2 Å². The summed E-state index contributed by atoms with van der Waals surface area (Å²) in [4.78, 5) is 25.2. The maximum Gasteiger partial charge on any atom is 0.273 e. The first-order chi connectivity index (χ1) is 11.8. The third-order valence-corrected chi connectivity index (χ3v) is 4.86. The molecule has 0 atom stereocenters. The average molecular weight is 342 g/mol. The van der Waals surface area contributed by atoms with Gasteiger partial charge >= 0.3 is 0 Å². The molecule has 124 valence electrons. The first kappa shape index (κ1) is 15.2. The Morgan fingerprint density at radius 2 is 2.17 bits per heavy atom. The SMILES string of the molecule is O=C(c1cscn1)N1CCCN(Cc2cnn3cccnc23)CC1. The number of hydrogen-bond acceptors (Lipinski definition) is 6. The standard InChI is InChI=1S/C16H18N6OS/c23-16(14-11-24-12-18-14)21-5-2-4-20(7-8-21)10-13-9-19-22-6-1-3-17-15(13)22/h1,3,6,9,11-12H,2,4-5,7-8,10H2. The van der Waals surface area contributed by atoms with Crippen molar-refractivity contribution < 1.29 is 4.79 Å². The van der Waals surface area contributed by atoms with E-state index in [0.717, 1.165) is 50.4 Å². The summed E-state index contributed by atoms with van der Waals surface area (Å²) < 4.78 is 1.80. The normalized spacial score (nSPS) is 16.4. The minimum Gasteiger partial charge on any atom is -0.336 e. The molecule has 1 fully saturated rings. The first-order valence-corrected chi connectivity index (χ1v) is 8.92. The summed E-state index contributed by atoms with van der Waals surface area (Å²) in [5.74, 6) is 0.0377. The molecule has 0 aromatic carbocycles. The molecule has 1 aliphatic heterocycles. The molecule has 1 aliphatic rings. The molecule has 0 radical (unpaired) electrons. The maximum atomic E-state index is 12.4. The Morgan fingerprint density at radius 1 is 1.21 bits per heavy atom. The van der Waals surface area contributed by atoms with Gasteiger partial charge in [-0.3, -0.25) is 9.69 Å². The quantitative estimate of drug-likeness (QED) is 0.722. The maximum absolute atomic E-state index is 12.4. The van der Waals surface area contributed by atoms with Gasteiger partial charge in [-0.15, -0.1) is 11.3 Å². The second-order valence-electron chi connectivity index (χ2n) is 5.85. The highest BCUT2D eigenvalue weighted by molar-refractivity contribution is 7.07. The first-order valence-electron chi connectivity index (χ1n) is 7.98. The van der Waals surface area contributed by atoms with Crippen LogP contribution in [0.5, 0.6) is 0 Å². The topological polar surface area (TPSA) is 66.6 Å². The van der Waals surface area contributed by atoms with E-state index in [1.54, 1.807) is 16.2 Å². The van der Waals surface area contributed by atoms with Gasteiger partial charge in [-0.05, 0) is 12.5 Å². The van der Waals surface area contributed by atoms with Gasteiger partial charge in [-0.25, -0.2) is 14.5 Å². The molecule has 3 aromatic rings. The van der Waals surface area contributed by atoms with Crippen molar-refractivity contribution >= 4 is 22.9 Å². The van der Waals surface area contributed by atoms with Gasteiger partial charge < -0.3 is 4.90 Å². The van der Waals surface area contributed by atoms with Crippen LogP contribution < -0.4 is 0 Å². The number of fused-ring (bicyclic) bond motifs is 1. The van der Waals surface area contributed by atoms with Crippen molar-refractivity contribution in [2.45, 2.75) is 13.0 Å². The lowest BCUT2D eigenvalue weighted by molar-refractivity contribution is 0.0756. The minimum absolute atomic E-state index is 0.0377. The van der Waals surface area contributed by atoms with E-state index in [4.69, 9.17) is 0 Å². The lowest BCUT2D eigenvalue weighted by Crippen LogP contribution is -2.35. The van der Waals surface area contributed by atoms with Crippen LogP contribution in [0.4, 0.5) is 0 Å². The number of nitrogens with zero attached hydrogens (tertiary/aromatic N) is 6. The number of hydrogen-bond donors (Lipinski definition) is 0. The molecule has 4 rings (SSSR count). The average Bonchev–Trinajstić information content (AvgIpc) is 3.21. The van der Waals surface area contributed by atoms with Crippen LogP contribution >= 0.6 is 11.3 Å². The number of thiazole rings is 1. The highest BCUT2D eigenvalue weighted by Crippen LogP contribution is 2.14. The number of rotatable bonds is 3. The minimum atomic E-state index is 0.0377. The van der Waals surface area contributed by atoms with Crippen molar-refractivity contribution in [3.8, 4) is 0 Å². The molecule has 1 saturated heterocycles. The van der Waals surface area contributed by atoms with Crippen molar-refractivity contribution in [3.63, 3.8) is 0 Å². The predicted octanol–water partition coefficient (Wildman–Crippen LogP) is 1.53. The summed E-state index contributed by atoms with van der Waals surface area (Å²) in [6.45, 7) is 4.12. The van der Waals surface area contributed by atoms with Crippen LogP contribution in [0.25, 0.3) is 5.65 Å². The van der Waals surface area contributed by atoms with Crippen LogP contribution in [0.2, 0.25) is 0 Å². The Labute approximate surface area is 143 Å². The summed E-state index contributed by atoms with van der Waals surface area (Å²) in [7, 11) is 0. The van der Waals surface area contributed by atoms with Gasteiger partial charge in [0.25, 0.3) is 5.91 Å². The van der Waals surface area contributed by atoms with Gasteiger partial charge in [0.15, 0.2) is 5.65 Å². The molecule has 0 aliphatic carbocycles. The summed E-state index contributed by atoms with van der Waals surface area (Å²) >= 11 is 1.46. The predicted molar refractivity (Wildman–Crippen MR) is 90.9 cm³/mol. The highest BCUT2D eigenvalue weighted by Gasteiger charge is 2.22. The number of aromatic nitrogens is 4. The van der Waals surface area contributed by atoms with Crippen LogP contribution in [0, 0.1) is 0 Å². The van der Waals surface area contributed by atoms with E-state index < -0.39 is 0 Å². The summed E-state index contributed by atoms with van der Waals surface area (Å²) in [6.07, 6.45) is 6.54. The second kappa shape index (κ2) is 6.66. The summed E-state index contributed by atoms with van der Waals surface area (Å²) in [5.41, 5.74) is 4.28. The van der Waals surface area contributed by atoms with E-state index in [2.05, 4.69) is 20.0 Å². The van der Waals surface area contributed by atoms with Gasteiger partial charge in [0.1, 0.15) is 5.69 Å². The monoisotopic (exact) mass is 342 g/mol. The second-order valence-corrected chi connectivity index (χ2v) is 6.57. The van der Waals surface area contributed by atoms with Gasteiger partial charge in [0, 0.05) is 56.1 Å². The molecule has 7 nitrogen and oxygen atoms in total. The van der Waals surface area contributed by atoms with Crippen LogP contribution in [0.15, 0.2) is 35.5 Å². The Hall–Kier alpha value is -2.32. The lowest BCUT2D eigenvalue weighted by atomic mass is 10.3. The zero-order valence-corrected chi connectivity index (χ0v) is 14.0. The Kier molecular flexibility index (Phi) is 4.22. The van der Waals surface area contributed by atoms with Gasteiger partial charge in [-0.1, -0.05) is 0 Å². The van der Waals surface area contributed by atoms with Crippen molar-refractivity contribution in [1.29, 1.82) is 0 Å². The lowest BCUT2D eigenvalue weighted by Gasteiger charge is -2.21. The zero-order valence-electron chi connectivity index (χ0n) is 13.2. The Morgan fingerprint density at radius 3 is 3.04 bits per heavy atom. The van der Waals surface area contributed by atoms with Gasteiger partial charge in [0.05, 0.1) is 11.7 Å². The summed E-state index contributed by atoms with van der Waals surface area (Å²) in [6, 6.07) is 1.87. The van der Waals surface area contributed by atoms with Crippen LogP contribution in [-0.4, -0.2) is 61.5 Å². The fourth-order valence-electron chi connectivity index (χ4n) is 3.04. The molecule has 8 heteroatoms. The van der Waals surface area contributed by atoms with Crippen LogP contribution in [-0.2, 0) is 6.54 Å². The van der Waals surface area contributed by atoms with Crippen LogP contribution in [0.1, 0.15) is 22.5 Å². The molecule has 0 saturated carbocycles. The smallest absolute Gasteiger partial charge is 0.273 e. The number of carbonyl (C=O) groups excluding carboxylic acids is 1. The molecule has 0 bridgehead atoms. The van der Waals surface area contributed by atoms with Crippen LogP contribution in [0.3, 0.4) is 0 Å². The Balaban J connectivity index is 1.42. The van der Waals surface area contributed by atoms with E-state index in [1.807, 2.05) is 28.7 Å². The van der Waals surface area contributed by atoms with Crippen molar-refractivity contribution in [2.24, 2.45) is 0 Å². The van der Waals surface area contributed by atoms with Crippen molar-refractivity contribution in [1.82, 2.24) is 29.4 Å². The van der Waals surface area contributed by atoms with E-state index in [1.165, 1.54) is 11.3 Å². The molecule has 1 amide bonds. The molecule has 0 spiro atoms. The number of carbonyl (C=O) groups is 1. The summed E-state index contributed by atoms with van der Waals surface area (Å²) in [5, 5.41) is 6.16. The van der Waals surface area contributed by atoms with Gasteiger partial charge in [-0.2, -0.15) is 5.10 Å². The van der Waals surface area contributed by atoms with E-state index in [9.17, 15) is 4.79 Å². The fourth-order valence-corrected chi connectivity index (χ4v) is 3.57. The third kappa shape index (κ3) is 3.02. The van der Waals surface area contributed by atoms with Crippen molar-refractivity contribution in [3.05, 3.63) is 46.8 Å². The van der Waals surface area contributed by atoms with Gasteiger partial charge in [0.2, 0.25) is 0 Å². The highest BCUT2D eigenvalue weighted by atomic mass is 32.1. The van der Waals surface area contributed by atoms with E-state index in [0.29, 0.717) is 5.69 Å².